The number of benzene rings is 2. The van der Waals surface area contributed by atoms with Crippen molar-refractivity contribution in [3.8, 4) is 23.0 Å². The number of ether oxygens (including phenoxy) is 4. The molecular weight excluding hydrogens is 528 g/mol. The Balaban J connectivity index is 1.89. The summed E-state index contributed by atoms with van der Waals surface area (Å²) in [6.07, 6.45) is 1.31. The summed E-state index contributed by atoms with van der Waals surface area (Å²) in [4.78, 5) is 33.5. The van der Waals surface area contributed by atoms with E-state index in [0.29, 0.717) is 54.5 Å². The number of thiophene rings is 1. The second kappa shape index (κ2) is 14.6. The first-order valence-corrected chi connectivity index (χ1v) is 14.1. The van der Waals surface area contributed by atoms with Crippen LogP contribution in [-0.4, -0.2) is 69.2 Å². The molecule has 1 atom stereocenters. The molecule has 0 N–H and O–H groups in total. The molecule has 9 heteroatoms. The number of methoxy groups -OCH3 is 4. The fourth-order valence-corrected chi connectivity index (χ4v) is 5.36. The van der Waals surface area contributed by atoms with Crippen molar-refractivity contribution in [2.75, 3.05) is 41.5 Å². The predicted molar refractivity (Wildman–Crippen MR) is 158 cm³/mol. The zero-order valence-electron chi connectivity index (χ0n) is 24.5. The maximum atomic E-state index is 13.9. The highest BCUT2D eigenvalue weighted by atomic mass is 32.1. The lowest BCUT2D eigenvalue weighted by molar-refractivity contribution is -0.132. The maximum absolute atomic E-state index is 13.9. The summed E-state index contributed by atoms with van der Waals surface area (Å²) in [7, 11) is 6.24. The molecule has 0 saturated heterocycles. The Hall–Kier alpha value is -3.72. The van der Waals surface area contributed by atoms with E-state index >= 15 is 0 Å². The van der Waals surface area contributed by atoms with Crippen molar-refractivity contribution >= 4 is 23.2 Å². The van der Waals surface area contributed by atoms with Gasteiger partial charge in [0.05, 0.1) is 35.0 Å². The highest BCUT2D eigenvalue weighted by Crippen LogP contribution is 2.31. The van der Waals surface area contributed by atoms with E-state index in [4.69, 9.17) is 18.9 Å². The van der Waals surface area contributed by atoms with Gasteiger partial charge in [0.2, 0.25) is 5.91 Å². The number of amides is 2. The molecule has 1 heterocycles. The maximum Gasteiger partial charge on any atom is 0.262 e. The lowest BCUT2D eigenvalue weighted by Crippen LogP contribution is -2.47. The number of rotatable bonds is 14. The average molecular weight is 569 g/mol. The van der Waals surface area contributed by atoms with Crippen LogP contribution in [0.3, 0.4) is 0 Å². The van der Waals surface area contributed by atoms with Gasteiger partial charge in [-0.05, 0) is 68.7 Å². The minimum atomic E-state index is -0.302. The van der Waals surface area contributed by atoms with E-state index in [2.05, 4.69) is 6.07 Å². The first kappa shape index (κ1) is 30.8. The number of hydrogen-bond donors (Lipinski definition) is 0. The fourth-order valence-electron chi connectivity index (χ4n) is 4.45. The quantitative estimate of drug-likeness (QED) is 0.252. The van der Waals surface area contributed by atoms with E-state index in [0.717, 1.165) is 10.4 Å². The molecule has 1 unspecified atom stereocenters. The van der Waals surface area contributed by atoms with Gasteiger partial charge in [0.25, 0.3) is 5.91 Å². The van der Waals surface area contributed by atoms with Gasteiger partial charge in [-0.1, -0.05) is 19.1 Å². The van der Waals surface area contributed by atoms with Gasteiger partial charge in [-0.2, -0.15) is 0 Å². The third-order valence-electron chi connectivity index (χ3n) is 6.94. The van der Waals surface area contributed by atoms with Crippen LogP contribution in [0.2, 0.25) is 0 Å². The molecule has 0 radical (unpaired) electrons. The molecule has 0 spiro atoms. The minimum Gasteiger partial charge on any atom is -0.496 e. The smallest absolute Gasteiger partial charge is 0.262 e. The largest absolute Gasteiger partial charge is 0.496 e. The Morgan fingerprint density at radius 1 is 0.875 bits per heavy atom. The number of hydrogen-bond acceptors (Lipinski definition) is 7. The SMILES string of the molecule is CCC(C)N(CC(=O)N(CCc1ccc(OC)c(OC)c1)Cc1ccc(C)s1)C(=O)c1c(OC)cccc1OC. The molecule has 0 aliphatic carbocycles. The van der Waals surface area contributed by atoms with E-state index in [1.807, 2.05) is 49.9 Å². The average Bonchev–Trinajstić information content (AvgIpc) is 3.40. The van der Waals surface area contributed by atoms with Gasteiger partial charge in [0.1, 0.15) is 23.6 Å². The highest BCUT2D eigenvalue weighted by molar-refractivity contribution is 7.11. The van der Waals surface area contributed by atoms with Gasteiger partial charge in [0.15, 0.2) is 11.5 Å². The summed E-state index contributed by atoms with van der Waals surface area (Å²) in [6, 6.07) is 14.9. The normalized spacial score (nSPS) is 11.5. The summed E-state index contributed by atoms with van der Waals surface area (Å²) < 4.78 is 21.8. The van der Waals surface area contributed by atoms with Crippen LogP contribution in [-0.2, 0) is 17.8 Å². The van der Waals surface area contributed by atoms with Crippen LogP contribution in [0.25, 0.3) is 0 Å². The van der Waals surface area contributed by atoms with Crippen molar-refractivity contribution in [3.05, 3.63) is 69.4 Å². The van der Waals surface area contributed by atoms with E-state index in [1.54, 1.807) is 48.7 Å². The molecule has 0 bridgehead atoms. The number of nitrogens with zero attached hydrogens (tertiary/aromatic N) is 2. The van der Waals surface area contributed by atoms with Crippen molar-refractivity contribution in [3.63, 3.8) is 0 Å². The number of aryl methyl sites for hydroxylation is 1. The molecule has 1 aromatic heterocycles. The summed E-state index contributed by atoms with van der Waals surface area (Å²) in [5, 5.41) is 0. The molecule has 40 heavy (non-hydrogen) atoms. The summed E-state index contributed by atoms with van der Waals surface area (Å²) >= 11 is 1.66. The molecule has 0 saturated carbocycles. The predicted octanol–water partition coefficient (Wildman–Crippen LogP) is 5.60. The lowest BCUT2D eigenvalue weighted by atomic mass is 10.1. The van der Waals surface area contributed by atoms with Gasteiger partial charge in [-0.15, -0.1) is 11.3 Å². The van der Waals surface area contributed by atoms with E-state index in [1.165, 1.54) is 19.1 Å². The second-order valence-corrected chi connectivity index (χ2v) is 10.9. The number of carbonyl (C=O) groups is 2. The molecular formula is C31H40N2O6S. The van der Waals surface area contributed by atoms with E-state index in [-0.39, 0.29) is 24.4 Å². The Morgan fingerprint density at radius 2 is 1.52 bits per heavy atom. The number of carbonyl (C=O) groups excluding carboxylic acids is 2. The van der Waals surface area contributed by atoms with Crippen LogP contribution in [0.1, 0.15) is 45.9 Å². The van der Waals surface area contributed by atoms with E-state index < -0.39 is 0 Å². The molecule has 0 aliphatic heterocycles. The third-order valence-corrected chi connectivity index (χ3v) is 7.93. The van der Waals surface area contributed by atoms with Gasteiger partial charge in [0, 0.05) is 22.3 Å². The summed E-state index contributed by atoms with van der Waals surface area (Å²) in [5.41, 5.74) is 1.33. The van der Waals surface area contributed by atoms with Crippen molar-refractivity contribution in [2.24, 2.45) is 0 Å². The van der Waals surface area contributed by atoms with Crippen LogP contribution in [0.4, 0.5) is 0 Å². The summed E-state index contributed by atoms with van der Waals surface area (Å²) in [6.45, 7) is 6.87. The zero-order valence-corrected chi connectivity index (χ0v) is 25.3. The van der Waals surface area contributed by atoms with Gasteiger partial charge in [-0.3, -0.25) is 9.59 Å². The van der Waals surface area contributed by atoms with Gasteiger partial charge >= 0.3 is 0 Å². The van der Waals surface area contributed by atoms with Crippen molar-refractivity contribution in [2.45, 2.75) is 46.2 Å². The lowest BCUT2D eigenvalue weighted by Gasteiger charge is -2.32. The molecule has 2 aromatic carbocycles. The monoisotopic (exact) mass is 568 g/mol. The molecule has 0 fully saturated rings. The van der Waals surface area contributed by atoms with Crippen molar-refractivity contribution < 1.29 is 28.5 Å². The first-order valence-electron chi connectivity index (χ1n) is 13.3. The van der Waals surface area contributed by atoms with Crippen LogP contribution >= 0.6 is 11.3 Å². The van der Waals surface area contributed by atoms with Crippen LogP contribution < -0.4 is 18.9 Å². The van der Waals surface area contributed by atoms with Crippen molar-refractivity contribution in [1.82, 2.24) is 9.80 Å². The standard InChI is InChI=1S/C31H40N2O6S/c1-8-21(2)33(31(35)30-26(37-5)10-9-11-27(30)38-6)20-29(34)32(19-24-14-12-22(3)40-24)17-16-23-13-15-25(36-4)28(18-23)39-7/h9-15,18,21H,8,16-17,19-20H2,1-7H3. The minimum absolute atomic E-state index is 0.0642. The molecule has 3 rings (SSSR count). The highest BCUT2D eigenvalue weighted by Gasteiger charge is 2.30. The van der Waals surface area contributed by atoms with Gasteiger partial charge in [-0.25, -0.2) is 0 Å². The third kappa shape index (κ3) is 7.47. The second-order valence-electron chi connectivity index (χ2n) is 9.49. The fraction of sp³-hybridized carbons (Fsp3) is 0.419. The Bertz CT molecular complexity index is 1270. The Kier molecular flexibility index (Phi) is 11.3. The Morgan fingerprint density at radius 3 is 2.08 bits per heavy atom. The summed E-state index contributed by atoms with van der Waals surface area (Å²) in [5.74, 6) is 1.68. The Labute approximate surface area is 241 Å². The molecule has 0 aliphatic rings. The molecule has 3 aromatic rings. The molecule has 8 nitrogen and oxygen atoms in total. The zero-order chi connectivity index (χ0) is 29.2. The first-order chi connectivity index (χ1) is 19.3. The van der Waals surface area contributed by atoms with Crippen LogP contribution in [0.15, 0.2) is 48.5 Å². The van der Waals surface area contributed by atoms with Crippen LogP contribution in [0.5, 0.6) is 23.0 Å². The molecule has 216 valence electrons. The topological polar surface area (TPSA) is 77.5 Å². The van der Waals surface area contributed by atoms with Crippen molar-refractivity contribution in [1.29, 1.82) is 0 Å². The van der Waals surface area contributed by atoms with Gasteiger partial charge < -0.3 is 28.7 Å². The van der Waals surface area contributed by atoms with Crippen LogP contribution in [0, 0.1) is 6.92 Å². The molecule has 2 amide bonds. The van der Waals surface area contributed by atoms with E-state index in [9.17, 15) is 9.59 Å².